The minimum absolute atomic E-state index is 0.116. The van der Waals surface area contributed by atoms with Crippen molar-refractivity contribution < 1.29 is 18.7 Å². The molecule has 2 saturated heterocycles. The molecule has 0 aromatic heterocycles. The molecular weight excluding hydrogens is 363 g/mol. The number of anilines is 1. The molecule has 0 aliphatic carbocycles. The van der Waals surface area contributed by atoms with Crippen molar-refractivity contribution in [2.45, 2.75) is 19.4 Å². The molecule has 2 aliphatic rings. The predicted octanol–water partition coefficient (Wildman–Crippen LogP) is 1.02. The van der Waals surface area contributed by atoms with Crippen molar-refractivity contribution >= 4 is 17.5 Å². The van der Waals surface area contributed by atoms with E-state index < -0.39 is 0 Å². The number of benzene rings is 1. The Morgan fingerprint density at radius 2 is 1.71 bits per heavy atom. The van der Waals surface area contributed by atoms with Gasteiger partial charge in [0.05, 0.1) is 25.8 Å². The average Bonchev–Trinajstić information content (AvgIpc) is 2.71. The monoisotopic (exact) mass is 392 g/mol. The lowest BCUT2D eigenvalue weighted by atomic mass is 10.2. The van der Waals surface area contributed by atoms with Crippen molar-refractivity contribution in [2.75, 3.05) is 64.3 Å². The van der Waals surface area contributed by atoms with Gasteiger partial charge < -0.3 is 15.0 Å². The van der Waals surface area contributed by atoms with Crippen molar-refractivity contribution in [3.63, 3.8) is 0 Å². The maximum Gasteiger partial charge on any atom is 0.238 e. The molecule has 2 fully saturated rings. The number of halogens is 1. The fourth-order valence-electron chi connectivity index (χ4n) is 3.53. The van der Waals surface area contributed by atoms with Gasteiger partial charge in [-0.15, -0.1) is 0 Å². The molecule has 0 saturated carbocycles. The molecule has 28 heavy (non-hydrogen) atoms. The van der Waals surface area contributed by atoms with Crippen molar-refractivity contribution in [1.82, 2.24) is 14.7 Å². The molecule has 8 heteroatoms. The summed E-state index contributed by atoms with van der Waals surface area (Å²) in [5.41, 5.74) is 0.589. The number of carbonyl (C=O) groups is 2. The summed E-state index contributed by atoms with van der Waals surface area (Å²) < 4.78 is 18.5. The lowest BCUT2D eigenvalue weighted by Gasteiger charge is -2.37. The third-order valence-corrected chi connectivity index (χ3v) is 5.27. The zero-order chi connectivity index (χ0) is 19.9. The first-order valence-corrected chi connectivity index (χ1v) is 9.93. The Balaban J connectivity index is 1.37. The molecule has 2 aliphatic heterocycles. The zero-order valence-electron chi connectivity index (χ0n) is 16.4. The van der Waals surface area contributed by atoms with E-state index in [0.717, 1.165) is 32.6 Å². The quantitative estimate of drug-likeness (QED) is 0.783. The molecule has 154 valence electrons. The highest BCUT2D eigenvalue weighted by atomic mass is 19.1. The van der Waals surface area contributed by atoms with Crippen LogP contribution in [0.3, 0.4) is 0 Å². The first-order chi connectivity index (χ1) is 13.5. The molecule has 3 rings (SSSR count). The molecule has 2 heterocycles. The Kier molecular flexibility index (Phi) is 7.36. The van der Waals surface area contributed by atoms with Crippen LogP contribution in [0.25, 0.3) is 0 Å². The molecular formula is C20H29FN4O3. The average molecular weight is 392 g/mol. The van der Waals surface area contributed by atoms with E-state index in [9.17, 15) is 14.0 Å². The molecule has 2 amide bonds. The molecule has 1 aromatic carbocycles. The van der Waals surface area contributed by atoms with Crippen LogP contribution in [0.2, 0.25) is 0 Å². The van der Waals surface area contributed by atoms with Gasteiger partial charge in [-0.2, -0.15) is 0 Å². The Labute approximate surface area is 165 Å². The van der Waals surface area contributed by atoms with Crippen LogP contribution in [0.4, 0.5) is 10.1 Å². The summed E-state index contributed by atoms with van der Waals surface area (Å²) in [6, 6.07) is 5.74. The number of nitrogens with one attached hydrogen (secondary N) is 1. The van der Waals surface area contributed by atoms with Crippen molar-refractivity contribution in [2.24, 2.45) is 0 Å². The Morgan fingerprint density at radius 1 is 1.07 bits per heavy atom. The highest BCUT2D eigenvalue weighted by Gasteiger charge is 2.26. The molecule has 0 spiro atoms. The lowest BCUT2D eigenvalue weighted by molar-refractivity contribution is -0.140. The summed E-state index contributed by atoms with van der Waals surface area (Å²) in [7, 11) is 0. The number of carbonyl (C=O) groups excluding carboxylic acids is 2. The molecule has 1 unspecified atom stereocenters. The SMILES string of the molecule is CCC1CN(C(=O)CN2CCN(CC(=O)Nc3ccc(F)cc3)CC2)CCO1. The van der Waals surface area contributed by atoms with Gasteiger partial charge in [-0.1, -0.05) is 6.92 Å². The molecule has 1 aromatic rings. The van der Waals surface area contributed by atoms with E-state index >= 15 is 0 Å². The molecule has 0 bridgehead atoms. The Bertz CT molecular complexity index is 662. The second-order valence-corrected chi connectivity index (χ2v) is 7.35. The van der Waals surface area contributed by atoms with E-state index in [1.165, 1.54) is 12.1 Å². The number of amides is 2. The van der Waals surface area contributed by atoms with Crippen LogP contribution in [0.1, 0.15) is 13.3 Å². The van der Waals surface area contributed by atoms with E-state index in [1.54, 1.807) is 12.1 Å². The van der Waals surface area contributed by atoms with Gasteiger partial charge >= 0.3 is 0 Å². The lowest BCUT2D eigenvalue weighted by Crippen LogP contribution is -2.53. The van der Waals surface area contributed by atoms with E-state index in [4.69, 9.17) is 4.74 Å². The van der Waals surface area contributed by atoms with E-state index in [2.05, 4.69) is 22.0 Å². The van der Waals surface area contributed by atoms with Gasteiger partial charge in [0.2, 0.25) is 11.8 Å². The number of morpholine rings is 1. The van der Waals surface area contributed by atoms with Gasteiger partial charge in [0.1, 0.15) is 5.82 Å². The van der Waals surface area contributed by atoms with Crippen LogP contribution in [0, 0.1) is 5.82 Å². The van der Waals surface area contributed by atoms with Crippen LogP contribution in [0.15, 0.2) is 24.3 Å². The molecule has 1 N–H and O–H groups in total. The highest BCUT2D eigenvalue weighted by Crippen LogP contribution is 2.11. The topological polar surface area (TPSA) is 65.1 Å². The number of hydrogen-bond donors (Lipinski definition) is 1. The summed E-state index contributed by atoms with van der Waals surface area (Å²) >= 11 is 0. The van der Waals surface area contributed by atoms with Gasteiger partial charge in [-0.05, 0) is 30.7 Å². The van der Waals surface area contributed by atoms with Crippen LogP contribution >= 0.6 is 0 Å². The second kappa shape index (κ2) is 9.95. The highest BCUT2D eigenvalue weighted by molar-refractivity contribution is 5.92. The second-order valence-electron chi connectivity index (χ2n) is 7.35. The van der Waals surface area contributed by atoms with E-state index in [1.807, 2.05) is 4.90 Å². The summed E-state index contributed by atoms with van der Waals surface area (Å²) in [4.78, 5) is 30.8. The van der Waals surface area contributed by atoms with Crippen LogP contribution in [-0.4, -0.2) is 91.6 Å². The summed E-state index contributed by atoms with van der Waals surface area (Å²) in [6.45, 7) is 7.75. The first-order valence-electron chi connectivity index (χ1n) is 9.93. The van der Waals surface area contributed by atoms with Crippen molar-refractivity contribution in [3.05, 3.63) is 30.1 Å². The largest absolute Gasteiger partial charge is 0.375 e. The third kappa shape index (κ3) is 5.98. The first kappa shape index (κ1) is 20.7. The maximum atomic E-state index is 12.9. The van der Waals surface area contributed by atoms with E-state index in [-0.39, 0.29) is 23.7 Å². The zero-order valence-corrected chi connectivity index (χ0v) is 16.4. The van der Waals surface area contributed by atoms with Crippen LogP contribution < -0.4 is 5.32 Å². The fourth-order valence-corrected chi connectivity index (χ4v) is 3.53. The van der Waals surface area contributed by atoms with Crippen molar-refractivity contribution in [3.8, 4) is 0 Å². The Hall–Kier alpha value is -2.03. The smallest absolute Gasteiger partial charge is 0.238 e. The Morgan fingerprint density at radius 3 is 2.36 bits per heavy atom. The molecule has 0 radical (unpaired) electrons. The van der Waals surface area contributed by atoms with Gasteiger partial charge in [0.25, 0.3) is 0 Å². The standard InChI is InChI=1S/C20H29FN4O3/c1-2-18-13-25(11-12-28-18)20(27)15-24-9-7-23(8-10-24)14-19(26)22-17-5-3-16(21)4-6-17/h3-6,18H,2,7-15H2,1H3,(H,22,26). The van der Waals surface area contributed by atoms with Crippen LogP contribution in [-0.2, 0) is 14.3 Å². The summed E-state index contributed by atoms with van der Waals surface area (Å²) in [6.07, 6.45) is 1.07. The van der Waals surface area contributed by atoms with Gasteiger partial charge in [-0.3, -0.25) is 19.4 Å². The van der Waals surface area contributed by atoms with Crippen molar-refractivity contribution in [1.29, 1.82) is 0 Å². The number of nitrogens with zero attached hydrogens (tertiary/aromatic N) is 3. The number of piperazine rings is 1. The van der Waals surface area contributed by atoms with Gasteiger partial charge in [0.15, 0.2) is 0 Å². The number of hydrogen-bond acceptors (Lipinski definition) is 5. The number of rotatable bonds is 6. The minimum Gasteiger partial charge on any atom is -0.375 e. The normalized spacial score (nSPS) is 21.5. The maximum absolute atomic E-state index is 12.9. The minimum atomic E-state index is -0.328. The summed E-state index contributed by atoms with van der Waals surface area (Å²) in [5, 5.41) is 2.78. The summed E-state index contributed by atoms with van der Waals surface area (Å²) in [5.74, 6) is -0.287. The number of ether oxygens (including phenoxy) is 1. The van der Waals surface area contributed by atoms with Crippen LogP contribution in [0.5, 0.6) is 0 Å². The fraction of sp³-hybridized carbons (Fsp3) is 0.600. The molecule has 1 atom stereocenters. The van der Waals surface area contributed by atoms with Gasteiger partial charge in [-0.25, -0.2) is 4.39 Å². The van der Waals surface area contributed by atoms with Gasteiger partial charge in [0, 0.05) is 45.0 Å². The van der Waals surface area contributed by atoms with E-state index in [0.29, 0.717) is 38.5 Å². The predicted molar refractivity (Wildman–Crippen MR) is 105 cm³/mol. The third-order valence-electron chi connectivity index (χ3n) is 5.27. The molecule has 7 nitrogen and oxygen atoms in total.